The first-order valence-corrected chi connectivity index (χ1v) is 7.15. The molecule has 112 valence electrons. The molecule has 0 saturated carbocycles. The molecule has 0 radical (unpaired) electrons. The molecule has 3 aromatic rings. The van der Waals surface area contributed by atoms with Gasteiger partial charge in [0.15, 0.2) is 0 Å². The third-order valence-corrected chi connectivity index (χ3v) is 3.20. The SMILES string of the molecule is CCc1nnc(Oc2cccc(-n3cncn3)c2)nc1CC. The van der Waals surface area contributed by atoms with Gasteiger partial charge in [-0.15, -0.1) is 5.10 Å². The van der Waals surface area contributed by atoms with Gasteiger partial charge in [0.2, 0.25) is 0 Å². The summed E-state index contributed by atoms with van der Waals surface area (Å²) in [7, 11) is 0. The smallest absolute Gasteiger partial charge is 0.341 e. The van der Waals surface area contributed by atoms with Crippen LogP contribution in [0.1, 0.15) is 25.2 Å². The molecule has 1 aromatic carbocycles. The van der Waals surface area contributed by atoms with E-state index in [0.717, 1.165) is 29.9 Å². The summed E-state index contributed by atoms with van der Waals surface area (Å²) in [6.45, 7) is 4.07. The van der Waals surface area contributed by atoms with Crippen molar-refractivity contribution in [2.24, 2.45) is 0 Å². The predicted octanol–water partition coefficient (Wildman–Crippen LogP) is 2.37. The minimum absolute atomic E-state index is 0.254. The quantitative estimate of drug-likeness (QED) is 0.719. The topological polar surface area (TPSA) is 78.6 Å². The molecule has 0 atom stereocenters. The fraction of sp³-hybridized carbons (Fsp3) is 0.267. The molecule has 0 aliphatic carbocycles. The Morgan fingerprint density at radius 2 is 1.95 bits per heavy atom. The molecule has 0 N–H and O–H groups in total. The average Bonchev–Trinajstić information content (AvgIpc) is 3.09. The van der Waals surface area contributed by atoms with Gasteiger partial charge in [0, 0.05) is 6.07 Å². The predicted molar refractivity (Wildman–Crippen MR) is 80.0 cm³/mol. The molecule has 0 bridgehead atoms. The van der Waals surface area contributed by atoms with E-state index < -0.39 is 0 Å². The van der Waals surface area contributed by atoms with Crippen LogP contribution in [0.5, 0.6) is 11.8 Å². The van der Waals surface area contributed by atoms with Gasteiger partial charge < -0.3 is 4.74 Å². The summed E-state index contributed by atoms with van der Waals surface area (Å²) in [5.74, 6) is 0.626. The molecule has 2 aromatic heterocycles. The summed E-state index contributed by atoms with van der Waals surface area (Å²) >= 11 is 0. The third kappa shape index (κ3) is 2.93. The fourth-order valence-electron chi connectivity index (χ4n) is 2.10. The summed E-state index contributed by atoms with van der Waals surface area (Å²) in [5.41, 5.74) is 2.68. The molecule has 0 amide bonds. The van der Waals surface area contributed by atoms with Crippen molar-refractivity contribution in [3.63, 3.8) is 0 Å². The minimum Gasteiger partial charge on any atom is -0.423 e. The van der Waals surface area contributed by atoms with Crippen molar-refractivity contribution in [3.05, 3.63) is 48.3 Å². The van der Waals surface area contributed by atoms with E-state index >= 15 is 0 Å². The lowest BCUT2D eigenvalue weighted by molar-refractivity contribution is 0.428. The van der Waals surface area contributed by atoms with Crippen LogP contribution in [0.3, 0.4) is 0 Å². The lowest BCUT2D eigenvalue weighted by atomic mass is 10.2. The van der Waals surface area contributed by atoms with Gasteiger partial charge in [-0.05, 0) is 25.0 Å². The highest BCUT2D eigenvalue weighted by molar-refractivity contribution is 5.39. The molecule has 22 heavy (non-hydrogen) atoms. The number of aromatic nitrogens is 6. The van der Waals surface area contributed by atoms with Crippen LogP contribution in [0.4, 0.5) is 0 Å². The second-order valence-electron chi connectivity index (χ2n) is 4.63. The van der Waals surface area contributed by atoms with Crippen molar-refractivity contribution in [2.75, 3.05) is 0 Å². The maximum atomic E-state index is 5.71. The summed E-state index contributed by atoms with van der Waals surface area (Å²) in [6.07, 6.45) is 4.72. The molecule has 0 spiro atoms. The Labute approximate surface area is 128 Å². The molecular formula is C15H16N6O. The molecule has 0 aliphatic rings. The molecular weight excluding hydrogens is 280 g/mol. The Bertz CT molecular complexity index is 756. The zero-order valence-corrected chi connectivity index (χ0v) is 12.5. The minimum atomic E-state index is 0.254. The first-order valence-electron chi connectivity index (χ1n) is 7.15. The van der Waals surface area contributed by atoms with Crippen LogP contribution in [0, 0.1) is 0 Å². The standard InChI is InChI=1S/C15H16N6O/c1-3-13-14(4-2)19-20-15(18-13)22-12-7-5-6-11(8-12)21-10-16-9-17-21/h5-10H,3-4H2,1-2H3. The lowest BCUT2D eigenvalue weighted by Crippen LogP contribution is -2.04. The van der Waals surface area contributed by atoms with Crippen molar-refractivity contribution in [3.8, 4) is 17.4 Å². The van der Waals surface area contributed by atoms with Crippen LogP contribution in [0.2, 0.25) is 0 Å². The van der Waals surface area contributed by atoms with Crippen molar-refractivity contribution in [1.82, 2.24) is 29.9 Å². The zero-order valence-electron chi connectivity index (χ0n) is 12.5. The number of hydrogen-bond acceptors (Lipinski definition) is 6. The molecule has 0 aliphatic heterocycles. The van der Waals surface area contributed by atoms with Crippen molar-refractivity contribution in [1.29, 1.82) is 0 Å². The van der Waals surface area contributed by atoms with Gasteiger partial charge >= 0.3 is 6.01 Å². The Kier molecular flexibility index (Phi) is 4.04. The highest BCUT2D eigenvalue weighted by Crippen LogP contribution is 2.21. The van der Waals surface area contributed by atoms with E-state index in [1.807, 2.05) is 38.1 Å². The Morgan fingerprint density at radius 3 is 2.68 bits per heavy atom. The van der Waals surface area contributed by atoms with Gasteiger partial charge in [-0.2, -0.15) is 10.1 Å². The second kappa shape index (κ2) is 6.30. The summed E-state index contributed by atoms with van der Waals surface area (Å²) < 4.78 is 7.37. The number of rotatable bonds is 5. The van der Waals surface area contributed by atoms with E-state index in [9.17, 15) is 0 Å². The van der Waals surface area contributed by atoms with E-state index in [1.54, 1.807) is 11.0 Å². The molecule has 7 heteroatoms. The van der Waals surface area contributed by atoms with Gasteiger partial charge in [-0.1, -0.05) is 25.0 Å². The average molecular weight is 296 g/mol. The molecule has 0 saturated heterocycles. The molecule has 7 nitrogen and oxygen atoms in total. The van der Waals surface area contributed by atoms with E-state index in [0.29, 0.717) is 5.75 Å². The van der Waals surface area contributed by atoms with Crippen LogP contribution in [0.25, 0.3) is 5.69 Å². The van der Waals surface area contributed by atoms with E-state index in [2.05, 4.69) is 25.3 Å². The first kappa shape index (κ1) is 14.1. The van der Waals surface area contributed by atoms with Gasteiger partial charge in [0.25, 0.3) is 0 Å². The maximum absolute atomic E-state index is 5.71. The Balaban J connectivity index is 1.86. The zero-order chi connectivity index (χ0) is 15.4. The number of aryl methyl sites for hydroxylation is 2. The molecule has 2 heterocycles. The Morgan fingerprint density at radius 1 is 1.09 bits per heavy atom. The lowest BCUT2D eigenvalue weighted by Gasteiger charge is -2.08. The monoisotopic (exact) mass is 296 g/mol. The highest BCUT2D eigenvalue weighted by atomic mass is 16.5. The largest absolute Gasteiger partial charge is 0.423 e. The number of benzene rings is 1. The summed E-state index contributed by atoms with van der Waals surface area (Å²) in [5, 5.41) is 12.3. The molecule has 0 unspecified atom stereocenters. The van der Waals surface area contributed by atoms with Crippen LogP contribution < -0.4 is 4.74 Å². The van der Waals surface area contributed by atoms with Crippen molar-refractivity contribution >= 4 is 0 Å². The molecule has 3 rings (SSSR count). The first-order chi connectivity index (χ1) is 10.8. The van der Waals surface area contributed by atoms with Crippen LogP contribution in [0.15, 0.2) is 36.9 Å². The van der Waals surface area contributed by atoms with E-state index in [4.69, 9.17) is 4.74 Å². The van der Waals surface area contributed by atoms with Gasteiger partial charge in [0.05, 0.1) is 17.1 Å². The second-order valence-corrected chi connectivity index (χ2v) is 4.63. The van der Waals surface area contributed by atoms with E-state index in [-0.39, 0.29) is 6.01 Å². The van der Waals surface area contributed by atoms with Crippen LogP contribution >= 0.6 is 0 Å². The normalized spacial score (nSPS) is 10.6. The Hall–Kier alpha value is -2.83. The summed E-state index contributed by atoms with van der Waals surface area (Å²) in [6, 6.07) is 7.73. The third-order valence-electron chi connectivity index (χ3n) is 3.20. The fourth-order valence-corrected chi connectivity index (χ4v) is 2.10. The van der Waals surface area contributed by atoms with Crippen LogP contribution in [-0.4, -0.2) is 29.9 Å². The van der Waals surface area contributed by atoms with Gasteiger partial charge in [-0.25, -0.2) is 9.67 Å². The van der Waals surface area contributed by atoms with Crippen molar-refractivity contribution < 1.29 is 4.74 Å². The van der Waals surface area contributed by atoms with Gasteiger partial charge in [0.1, 0.15) is 18.4 Å². The summed E-state index contributed by atoms with van der Waals surface area (Å²) in [4.78, 5) is 8.35. The number of ether oxygens (including phenoxy) is 1. The van der Waals surface area contributed by atoms with Crippen molar-refractivity contribution in [2.45, 2.75) is 26.7 Å². The molecule has 0 fully saturated rings. The maximum Gasteiger partial charge on any atom is 0.341 e. The van der Waals surface area contributed by atoms with Crippen LogP contribution in [-0.2, 0) is 12.8 Å². The van der Waals surface area contributed by atoms with E-state index in [1.165, 1.54) is 6.33 Å². The van der Waals surface area contributed by atoms with Gasteiger partial charge in [-0.3, -0.25) is 0 Å². The highest BCUT2D eigenvalue weighted by Gasteiger charge is 2.08. The number of nitrogens with zero attached hydrogens (tertiary/aromatic N) is 6. The number of hydrogen-bond donors (Lipinski definition) is 0.